The molecule has 0 radical (unpaired) electrons. The predicted octanol–water partition coefficient (Wildman–Crippen LogP) is 3.08. The van der Waals surface area contributed by atoms with Gasteiger partial charge in [0.2, 0.25) is 5.89 Å². The van der Waals surface area contributed by atoms with Crippen LogP contribution in [0.1, 0.15) is 6.92 Å². The summed E-state index contributed by atoms with van der Waals surface area (Å²) in [6.07, 6.45) is 0. The van der Waals surface area contributed by atoms with E-state index in [4.69, 9.17) is 14.7 Å². The Bertz CT molecular complexity index is 559. The average Bonchev–Trinajstić information content (AvgIpc) is 2.79. The smallest absolute Gasteiger partial charge is 0.304 e. The maximum atomic E-state index is 8.22. The number of benzene rings is 1. The highest BCUT2D eigenvalue weighted by Gasteiger charge is 2.07. The van der Waals surface area contributed by atoms with Crippen LogP contribution in [0, 0.1) is 0 Å². The first-order chi connectivity index (χ1) is 8.33. The van der Waals surface area contributed by atoms with E-state index in [2.05, 4.69) is 20.2 Å². The molecule has 0 amide bonds. The quantitative estimate of drug-likeness (QED) is 0.458. The number of hydrogen-bond acceptors (Lipinski definition) is 5. The molecule has 2 aromatic rings. The van der Waals surface area contributed by atoms with Gasteiger partial charge in [0.1, 0.15) is 5.75 Å². The molecule has 7 heteroatoms. The Morgan fingerprint density at radius 3 is 3.12 bits per heavy atom. The minimum absolute atomic E-state index is 0.107. The summed E-state index contributed by atoms with van der Waals surface area (Å²) in [4.78, 5) is 2.56. The molecule has 0 fully saturated rings. The van der Waals surface area contributed by atoms with E-state index >= 15 is 0 Å². The molecule has 0 atom stereocenters. The summed E-state index contributed by atoms with van der Waals surface area (Å²) in [7, 11) is 0. The van der Waals surface area contributed by atoms with E-state index in [1.807, 2.05) is 19.1 Å². The van der Waals surface area contributed by atoms with Gasteiger partial charge in [-0.3, -0.25) is 0 Å². The van der Waals surface area contributed by atoms with E-state index < -0.39 is 0 Å². The molecule has 7 nitrogen and oxygen atoms in total. The lowest BCUT2D eigenvalue weighted by Crippen LogP contribution is -1.91. The van der Waals surface area contributed by atoms with E-state index in [1.54, 1.807) is 12.1 Å². The van der Waals surface area contributed by atoms with Crippen LogP contribution in [0.5, 0.6) is 5.75 Å². The first kappa shape index (κ1) is 11.0. The van der Waals surface area contributed by atoms with Crippen LogP contribution in [0.2, 0.25) is 0 Å². The van der Waals surface area contributed by atoms with E-state index in [9.17, 15) is 0 Å². The second-order valence-corrected chi connectivity index (χ2v) is 3.04. The third-order valence-corrected chi connectivity index (χ3v) is 1.94. The van der Waals surface area contributed by atoms with E-state index in [1.165, 1.54) is 0 Å². The summed E-state index contributed by atoms with van der Waals surface area (Å²) in [6, 6.07) is 7.12. The Hall–Kier alpha value is -2.53. The normalized spacial score (nSPS) is 9.71. The Balaban J connectivity index is 2.31. The summed E-state index contributed by atoms with van der Waals surface area (Å²) in [5.41, 5.74) is 8.94. The van der Waals surface area contributed by atoms with Crippen LogP contribution in [-0.2, 0) is 0 Å². The SMILES string of the molecule is CCOc1cccc(-c2nnc(N=[N+]=[N-])o2)c1. The standard InChI is InChI=1S/C10H9N5O2/c1-2-16-8-5-3-4-7(6-8)9-12-13-10(17-9)14-15-11/h3-6H,2H2,1H3. The van der Waals surface area contributed by atoms with Gasteiger partial charge in [0.25, 0.3) is 0 Å². The van der Waals surface area contributed by atoms with Gasteiger partial charge in [-0.15, -0.1) is 10.2 Å². The summed E-state index contributed by atoms with van der Waals surface area (Å²) < 4.78 is 10.5. The van der Waals surface area contributed by atoms with Crippen LogP contribution in [0.25, 0.3) is 21.9 Å². The van der Waals surface area contributed by atoms with E-state index in [0.29, 0.717) is 17.9 Å². The van der Waals surface area contributed by atoms with Crippen molar-refractivity contribution in [3.05, 3.63) is 34.7 Å². The van der Waals surface area contributed by atoms with Gasteiger partial charge in [-0.25, -0.2) is 0 Å². The van der Waals surface area contributed by atoms with Crippen LogP contribution in [-0.4, -0.2) is 16.8 Å². The molecule has 0 aliphatic heterocycles. The van der Waals surface area contributed by atoms with Crippen LogP contribution in [0.15, 0.2) is 33.8 Å². The van der Waals surface area contributed by atoms with Crippen molar-refractivity contribution in [2.24, 2.45) is 5.11 Å². The Labute approximate surface area is 96.7 Å². The van der Waals surface area contributed by atoms with Crippen LogP contribution in [0.4, 0.5) is 6.01 Å². The Morgan fingerprint density at radius 2 is 2.35 bits per heavy atom. The third kappa shape index (κ3) is 2.53. The summed E-state index contributed by atoms with van der Waals surface area (Å²) in [5.74, 6) is 1.00. The third-order valence-electron chi connectivity index (χ3n) is 1.94. The molecule has 1 aromatic carbocycles. The monoisotopic (exact) mass is 231 g/mol. The first-order valence-corrected chi connectivity index (χ1v) is 4.95. The van der Waals surface area contributed by atoms with Gasteiger partial charge < -0.3 is 9.15 Å². The zero-order valence-corrected chi connectivity index (χ0v) is 9.07. The van der Waals surface area contributed by atoms with Crippen LogP contribution >= 0.6 is 0 Å². The fraction of sp³-hybridized carbons (Fsp3) is 0.200. The topological polar surface area (TPSA) is 96.9 Å². The van der Waals surface area contributed by atoms with Crippen molar-refractivity contribution in [3.63, 3.8) is 0 Å². The highest BCUT2D eigenvalue weighted by molar-refractivity contribution is 5.55. The molecule has 0 saturated heterocycles. The fourth-order valence-corrected chi connectivity index (χ4v) is 1.30. The Morgan fingerprint density at radius 1 is 1.47 bits per heavy atom. The molecule has 0 saturated carbocycles. The number of ether oxygens (including phenoxy) is 1. The number of aromatic nitrogens is 2. The summed E-state index contributed by atoms with van der Waals surface area (Å²) in [5, 5.41) is 10.6. The molecule has 0 aliphatic rings. The van der Waals surface area contributed by atoms with Gasteiger partial charge in [-0.2, -0.15) is 0 Å². The van der Waals surface area contributed by atoms with Gasteiger partial charge in [-0.05, 0) is 30.7 Å². The second kappa shape index (κ2) is 5.00. The van der Waals surface area contributed by atoms with E-state index in [0.717, 1.165) is 0 Å². The Kier molecular flexibility index (Phi) is 3.23. The van der Waals surface area contributed by atoms with Crippen molar-refractivity contribution in [1.29, 1.82) is 0 Å². The molecule has 1 heterocycles. The maximum absolute atomic E-state index is 8.22. The molecular formula is C10H9N5O2. The lowest BCUT2D eigenvalue weighted by molar-refractivity contribution is 0.340. The fourth-order valence-electron chi connectivity index (χ4n) is 1.30. The zero-order chi connectivity index (χ0) is 12.1. The van der Waals surface area contributed by atoms with Gasteiger partial charge >= 0.3 is 6.01 Å². The van der Waals surface area contributed by atoms with Gasteiger partial charge in [0.15, 0.2) is 0 Å². The first-order valence-electron chi connectivity index (χ1n) is 4.95. The minimum atomic E-state index is -0.107. The molecule has 0 aliphatic carbocycles. The average molecular weight is 231 g/mol. The van der Waals surface area contributed by atoms with Gasteiger partial charge in [0, 0.05) is 15.6 Å². The van der Waals surface area contributed by atoms with Crippen molar-refractivity contribution < 1.29 is 9.15 Å². The maximum Gasteiger partial charge on any atom is 0.304 e. The zero-order valence-electron chi connectivity index (χ0n) is 9.07. The van der Waals surface area contributed by atoms with Crippen molar-refractivity contribution in [2.45, 2.75) is 6.92 Å². The number of nitrogens with zero attached hydrogens (tertiary/aromatic N) is 5. The molecule has 86 valence electrons. The number of hydrogen-bond donors (Lipinski definition) is 0. The molecule has 17 heavy (non-hydrogen) atoms. The van der Waals surface area contributed by atoms with E-state index in [-0.39, 0.29) is 11.9 Å². The molecule has 0 unspecified atom stereocenters. The summed E-state index contributed by atoms with van der Waals surface area (Å²) >= 11 is 0. The highest BCUT2D eigenvalue weighted by Crippen LogP contribution is 2.24. The highest BCUT2D eigenvalue weighted by atomic mass is 16.5. The molecule has 0 N–H and O–H groups in total. The van der Waals surface area contributed by atoms with Gasteiger partial charge in [-0.1, -0.05) is 6.07 Å². The molecule has 1 aromatic heterocycles. The minimum Gasteiger partial charge on any atom is -0.494 e. The molecular weight excluding hydrogens is 222 g/mol. The number of azide groups is 1. The van der Waals surface area contributed by atoms with Crippen molar-refractivity contribution in [2.75, 3.05) is 6.61 Å². The predicted molar refractivity (Wildman–Crippen MR) is 59.7 cm³/mol. The molecule has 2 rings (SSSR count). The van der Waals surface area contributed by atoms with Gasteiger partial charge in [0.05, 0.1) is 6.61 Å². The van der Waals surface area contributed by atoms with Crippen LogP contribution < -0.4 is 4.74 Å². The lowest BCUT2D eigenvalue weighted by atomic mass is 10.2. The lowest BCUT2D eigenvalue weighted by Gasteiger charge is -2.02. The largest absolute Gasteiger partial charge is 0.494 e. The molecule has 0 spiro atoms. The van der Waals surface area contributed by atoms with Crippen molar-refractivity contribution in [1.82, 2.24) is 10.2 Å². The van der Waals surface area contributed by atoms with Crippen molar-refractivity contribution in [3.8, 4) is 17.2 Å². The number of rotatable bonds is 4. The van der Waals surface area contributed by atoms with Crippen LogP contribution in [0.3, 0.4) is 0 Å². The molecule has 0 bridgehead atoms. The summed E-state index contributed by atoms with van der Waals surface area (Å²) in [6.45, 7) is 2.48. The van der Waals surface area contributed by atoms with Crippen molar-refractivity contribution >= 4 is 6.01 Å². The second-order valence-electron chi connectivity index (χ2n) is 3.04.